The maximum absolute atomic E-state index is 12.2. The van der Waals surface area contributed by atoms with Crippen LogP contribution in [0, 0.1) is 0 Å². The van der Waals surface area contributed by atoms with E-state index in [2.05, 4.69) is 15.6 Å². The molecule has 1 rings (SSSR count). The summed E-state index contributed by atoms with van der Waals surface area (Å²) < 4.78 is 41.8. The SMILES string of the molecule is CN=C(NCCc1ccc(OC)cc1)NCC(=O)N(C)CC(F)(F)F.I. The van der Waals surface area contributed by atoms with E-state index in [0.29, 0.717) is 23.8 Å². The molecule has 0 spiro atoms. The highest BCUT2D eigenvalue weighted by atomic mass is 127. The maximum atomic E-state index is 12.2. The van der Waals surface area contributed by atoms with Gasteiger partial charge in [-0.25, -0.2) is 0 Å². The van der Waals surface area contributed by atoms with Crippen LogP contribution in [0.15, 0.2) is 29.3 Å². The van der Waals surface area contributed by atoms with Gasteiger partial charge in [-0.1, -0.05) is 12.1 Å². The minimum atomic E-state index is -4.41. The highest BCUT2D eigenvalue weighted by Crippen LogP contribution is 2.15. The van der Waals surface area contributed by atoms with Gasteiger partial charge in [0.1, 0.15) is 12.3 Å². The molecule has 148 valence electrons. The highest BCUT2D eigenvalue weighted by Gasteiger charge is 2.31. The van der Waals surface area contributed by atoms with Gasteiger partial charge < -0.3 is 20.3 Å². The molecule has 0 aliphatic rings. The molecular formula is C16H24F3IN4O2. The third-order valence-electron chi connectivity index (χ3n) is 3.34. The first kappa shape index (κ1) is 24.3. The van der Waals surface area contributed by atoms with Crippen LogP contribution in [0.1, 0.15) is 5.56 Å². The summed E-state index contributed by atoms with van der Waals surface area (Å²) in [5.74, 6) is 0.452. The number of amides is 1. The van der Waals surface area contributed by atoms with Crippen molar-refractivity contribution >= 4 is 35.8 Å². The molecule has 0 saturated heterocycles. The molecule has 10 heteroatoms. The fourth-order valence-electron chi connectivity index (χ4n) is 1.99. The second-order valence-electron chi connectivity index (χ2n) is 5.32. The first-order chi connectivity index (χ1) is 11.7. The van der Waals surface area contributed by atoms with E-state index in [9.17, 15) is 18.0 Å². The van der Waals surface area contributed by atoms with Crippen molar-refractivity contribution in [1.82, 2.24) is 15.5 Å². The van der Waals surface area contributed by atoms with E-state index in [1.165, 1.54) is 7.05 Å². The molecule has 6 nitrogen and oxygen atoms in total. The summed E-state index contributed by atoms with van der Waals surface area (Å²) in [5.41, 5.74) is 1.09. The summed E-state index contributed by atoms with van der Waals surface area (Å²) in [7, 11) is 4.23. The van der Waals surface area contributed by atoms with Crippen LogP contribution in [0.2, 0.25) is 0 Å². The largest absolute Gasteiger partial charge is 0.497 e. The van der Waals surface area contributed by atoms with Gasteiger partial charge in [-0.15, -0.1) is 24.0 Å². The van der Waals surface area contributed by atoms with Crippen LogP contribution in [-0.2, 0) is 11.2 Å². The van der Waals surface area contributed by atoms with Gasteiger partial charge in [0, 0.05) is 20.6 Å². The van der Waals surface area contributed by atoms with E-state index < -0.39 is 18.6 Å². The van der Waals surface area contributed by atoms with E-state index in [1.807, 2.05) is 24.3 Å². The van der Waals surface area contributed by atoms with Gasteiger partial charge in [0.05, 0.1) is 13.7 Å². The molecule has 1 aromatic rings. The van der Waals surface area contributed by atoms with E-state index in [1.54, 1.807) is 7.11 Å². The first-order valence-electron chi connectivity index (χ1n) is 7.63. The number of alkyl halides is 3. The van der Waals surface area contributed by atoms with Crippen molar-refractivity contribution in [2.45, 2.75) is 12.6 Å². The van der Waals surface area contributed by atoms with Crippen molar-refractivity contribution in [3.63, 3.8) is 0 Å². The highest BCUT2D eigenvalue weighted by molar-refractivity contribution is 14.0. The van der Waals surface area contributed by atoms with Crippen molar-refractivity contribution in [2.24, 2.45) is 4.99 Å². The summed E-state index contributed by atoms with van der Waals surface area (Å²) in [5, 5.41) is 5.70. The van der Waals surface area contributed by atoms with Crippen LogP contribution in [0.3, 0.4) is 0 Å². The van der Waals surface area contributed by atoms with Crippen LogP contribution in [0.5, 0.6) is 5.75 Å². The van der Waals surface area contributed by atoms with E-state index in [0.717, 1.165) is 18.4 Å². The Labute approximate surface area is 168 Å². The van der Waals surface area contributed by atoms with Gasteiger partial charge in [-0.2, -0.15) is 13.2 Å². The zero-order valence-electron chi connectivity index (χ0n) is 14.9. The number of halogens is 4. The minimum Gasteiger partial charge on any atom is -0.497 e. The number of nitrogens with one attached hydrogen (secondary N) is 2. The smallest absolute Gasteiger partial charge is 0.406 e. The number of carbonyl (C=O) groups excluding carboxylic acids is 1. The lowest BCUT2D eigenvalue weighted by Gasteiger charge is -2.20. The number of ether oxygens (including phenoxy) is 1. The van der Waals surface area contributed by atoms with Gasteiger partial charge in [0.25, 0.3) is 0 Å². The Balaban J connectivity index is 0.00000625. The summed E-state index contributed by atoms with van der Waals surface area (Å²) >= 11 is 0. The molecule has 0 atom stereocenters. The summed E-state index contributed by atoms with van der Waals surface area (Å²) in [6.45, 7) is -0.996. The molecule has 1 amide bonds. The topological polar surface area (TPSA) is 66.0 Å². The molecule has 0 saturated carbocycles. The van der Waals surface area contributed by atoms with Crippen LogP contribution in [0.25, 0.3) is 0 Å². The Bertz CT molecular complexity index is 580. The molecule has 0 aliphatic carbocycles. The molecule has 0 unspecified atom stereocenters. The molecule has 0 aliphatic heterocycles. The lowest BCUT2D eigenvalue weighted by molar-refractivity contribution is -0.157. The Morgan fingerprint density at radius 1 is 1.23 bits per heavy atom. The third kappa shape index (κ3) is 9.68. The van der Waals surface area contributed by atoms with E-state index in [-0.39, 0.29) is 30.5 Å². The van der Waals surface area contributed by atoms with Gasteiger partial charge in [-0.05, 0) is 24.1 Å². The van der Waals surface area contributed by atoms with E-state index in [4.69, 9.17) is 4.74 Å². The van der Waals surface area contributed by atoms with Crippen molar-refractivity contribution in [3.05, 3.63) is 29.8 Å². The zero-order valence-corrected chi connectivity index (χ0v) is 17.2. The number of benzene rings is 1. The molecule has 1 aromatic carbocycles. The van der Waals surface area contributed by atoms with Crippen molar-refractivity contribution in [1.29, 1.82) is 0 Å². The minimum absolute atomic E-state index is 0. The fraction of sp³-hybridized carbons (Fsp3) is 0.500. The van der Waals surface area contributed by atoms with Crippen LogP contribution in [-0.4, -0.2) is 63.8 Å². The monoisotopic (exact) mass is 488 g/mol. The van der Waals surface area contributed by atoms with Crippen molar-refractivity contribution in [2.75, 3.05) is 40.8 Å². The fourth-order valence-corrected chi connectivity index (χ4v) is 1.99. The van der Waals surface area contributed by atoms with E-state index >= 15 is 0 Å². The van der Waals surface area contributed by atoms with Crippen molar-refractivity contribution in [3.8, 4) is 5.75 Å². The van der Waals surface area contributed by atoms with Crippen LogP contribution < -0.4 is 15.4 Å². The van der Waals surface area contributed by atoms with Gasteiger partial charge >= 0.3 is 6.18 Å². The second kappa shape index (κ2) is 11.8. The summed E-state index contributed by atoms with van der Waals surface area (Å²) in [4.78, 5) is 16.2. The Hall–Kier alpha value is -1.72. The van der Waals surface area contributed by atoms with Gasteiger partial charge in [0.15, 0.2) is 5.96 Å². The number of hydrogen-bond acceptors (Lipinski definition) is 3. The Morgan fingerprint density at radius 2 is 1.85 bits per heavy atom. The lowest BCUT2D eigenvalue weighted by Crippen LogP contribution is -2.45. The number of guanidine groups is 1. The number of rotatable bonds is 7. The Kier molecular flexibility index (Phi) is 11.0. The summed E-state index contributed by atoms with van der Waals surface area (Å²) in [6.07, 6.45) is -3.70. The zero-order chi connectivity index (χ0) is 18.9. The quantitative estimate of drug-likeness (QED) is 0.351. The average Bonchev–Trinajstić information content (AvgIpc) is 2.56. The van der Waals surface area contributed by atoms with Crippen LogP contribution in [0.4, 0.5) is 13.2 Å². The molecule has 26 heavy (non-hydrogen) atoms. The number of carbonyl (C=O) groups is 1. The second-order valence-corrected chi connectivity index (χ2v) is 5.32. The third-order valence-corrected chi connectivity index (χ3v) is 3.34. The molecule has 0 aromatic heterocycles. The van der Waals surface area contributed by atoms with Gasteiger partial charge in [0.2, 0.25) is 5.91 Å². The normalized spacial score (nSPS) is 11.4. The predicted molar refractivity (Wildman–Crippen MR) is 105 cm³/mol. The average molecular weight is 488 g/mol. The first-order valence-corrected chi connectivity index (χ1v) is 7.63. The number of aliphatic imine (C=N–C) groups is 1. The number of likely N-dealkylation sites (N-methyl/N-ethyl adjacent to an activating group) is 1. The predicted octanol–water partition coefficient (Wildman–Crippen LogP) is 2.04. The maximum Gasteiger partial charge on any atom is 0.406 e. The van der Waals surface area contributed by atoms with Gasteiger partial charge in [-0.3, -0.25) is 9.79 Å². The molecule has 0 heterocycles. The molecule has 0 bridgehead atoms. The Morgan fingerprint density at radius 3 is 2.35 bits per heavy atom. The number of nitrogens with zero attached hydrogens (tertiary/aromatic N) is 2. The number of methoxy groups -OCH3 is 1. The lowest BCUT2D eigenvalue weighted by atomic mass is 10.1. The van der Waals surface area contributed by atoms with Crippen molar-refractivity contribution < 1.29 is 22.7 Å². The molecule has 0 radical (unpaired) electrons. The summed E-state index contributed by atoms with van der Waals surface area (Å²) in [6, 6.07) is 7.59. The standard InChI is InChI=1S/C16H23F3N4O2.HI/c1-20-15(22-10-14(24)23(2)11-16(17,18)19)21-9-8-12-4-6-13(25-3)7-5-12;/h4-7H,8-11H2,1-3H3,(H2,20,21,22);1H. The molecule has 2 N–H and O–H groups in total. The van der Waals surface area contributed by atoms with Crippen LogP contribution >= 0.6 is 24.0 Å². The molecular weight excluding hydrogens is 464 g/mol. The number of hydrogen-bond donors (Lipinski definition) is 2. The molecule has 0 fully saturated rings.